The molecule has 0 aliphatic carbocycles. The lowest BCUT2D eigenvalue weighted by atomic mass is 9.96. The van der Waals surface area contributed by atoms with Gasteiger partial charge in [0.05, 0.1) is 4.88 Å². The van der Waals surface area contributed by atoms with Crippen LogP contribution in [0.3, 0.4) is 0 Å². The number of carbonyl (C=O) groups is 2. The summed E-state index contributed by atoms with van der Waals surface area (Å²) >= 11 is 6.70. The highest BCUT2D eigenvalue weighted by atomic mass is 32.1. The van der Waals surface area contributed by atoms with E-state index in [9.17, 15) is 9.59 Å². The Morgan fingerprint density at radius 2 is 2.15 bits per heavy atom. The molecule has 1 aliphatic heterocycles. The Morgan fingerprint density at radius 3 is 2.77 bits per heavy atom. The van der Waals surface area contributed by atoms with Crippen molar-refractivity contribution in [3.8, 4) is 0 Å². The summed E-state index contributed by atoms with van der Waals surface area (Å²) < 4.78 is 4.98. The predicted molar refractivity (Wildman–Crippen MR) is 106 cm³/mol. The van der Waals surface area contributed by atoms with Gasteiger partial charge in [0.25, 0.3) is 5.91 Å². The maximum Gasteiger partial charge on any atom is 0.263 e. The second kappa shape index (κ2) is 10.4. The smallest absolute Gasteiger partial charge is 0.263 e. The lowest BCUT2D eigenvalue weighted by molar-refractivity contribution is -0.129. The molecule has 7 nitrogen and oxygen atoms in total. The van der Waals surface area contributed by atoms with Crippen LogP contribution in [0.2, 0.25) is 0 Å². The van der Waals surface area contributed by atoms with Gasteiger partial charge in [0.2, 0.25) is 5.91 Å². The molecule has 2 amide bonds. The molecule has 0 radical (unpaired) electrons. The molecule has 1 aliphatic rings. The fraction of sp³-hybridized carbons (Fsp3) is 0.588. The van der Waals surface area contributed by atoms with Crippen LogP contribution in [0, 0.1) is 5.92 Å². The van der Waals surface area contributed by atoms with Crippen molar-refractivity contribution >= 4 is 40.5 Å². The first-order chi connectivity index (χ1) is 12.5. The summed E-state index contributed by atoms with van der Waals surface area (Å²) in [6.45, 7) is 2.54. The van der Waals surface area contributed by atoms with E-state index < -0.39 is 0 Å². The average molecular weight is 399 g/mol. The molecule has 144 valence electrons. The van der Waals surface area contributed by atoms with Crippen molar-refractivity contribution in [2.75, 3.05) is 40.4 Å². The Kier molecular flexibility index (Phi) is 8.27. The summed E-state index contributed by atoms with van der Waals surface area (Å²) in [6.07, 6.45) is 2.16. The number of hydrogen-bond donors (Lipinski definition) is 2. The number of ether oxygens (including phenoxy) is 1. The molecule has 0 unspecified atom stereocenters. The highest BCUT2D eigenvalue weighted by Crippen LogP contribution is 2.21. The van der Waals surface area contributed by atoms with Crippen LogP contribution in [-0.2, 0) is 9.53 Å². The maximum atomic E-state index is 12.4. The Hall–Kier alpha value is -1.71. The van der Waals surface area contributed by atoms with Crippen molar-refractivity contribution < 1.29 is 14.3 Å². The summed E-state index contributed by atoms with van der Waals surface area (Å²) in [5.41, 5.74) is 2.82. The number of nitrogens with one attached hydrogen (secondary N) is 2. The van der Waals surface area contributed by atoms with Crippen molar-refractivity contribution in [2.24, 2.45) is 5.92 Å². The minimum absolute atomic E-state index is 0.0532. The first kappa shape index (κ1) is 20.6. The molecule has 2 heterocycles. The van der Waals surface area contributed by atoms with E-state index in [4.69, 9.17) is 17.0 Å². The predicted octanol–water partition coefficient (Wildman–Crippen LogP) is 1.47. The molecule has 2 N–H and O–H groups in total. The average Bonchev–Trinajstić information content (AvgIpc) is 3.19. The second-order valence-corrected chi connectivity index (χ2v) is 7.49. The number of hydrogen-bond acceptors (Lipinski definition) is 5. The van der Waals surface area contributed by atoms with Crippen LogP contribution in [0.5, 0.6) is 0 Å². The SMILES string of the molecule is COCCCNC(=S)N(C)NC(=O)C1CCN(C(=O)c2cccs2)CC1. The van der Waals surface area contributed by atoms with Crippen molar-refractivity contribution in [1.82, 2.24) is 20.7 Å². The number of hydrazine groups is 1. The Morgan fingerprint density at radius 1 is 1.42 bits per heavy atom. The Bertz CT molecular complexity index is 601. The van der Waals surface area contributed by atoms with Gasteiger partial charge in [-0.15, -0.1) is 11.3 Å². The van der Waals surface area contributed by atoms with Crippen molar-refractivity contribution in [3.05, 3.63) is 22.4 Å². The van der Waals surface area contributed by atoms with Gasteiger partial charge in [0, 0.05) is 46.3 Å². The van der Waals surface area contributed by atoms with E-state index in [-0.39, 0.29) is 17.7 Å². The number of piperidine rings is 1. The van der Waals surface area contributed by atoms with Crippen molar-refractivity contribution in [2.45, 2.75) is 19.3 Å². The number of carbonyl (C=O) groups excluding carboxylic acids is 2. The summed E-state index contributed by atoms with van der Waals surface area (Å²) in [5.74, 6) is -0.115. The van der Waals surface area contributed by atoms with Gasteiger partial charge < -0.3 is 15.0 Å². The first-order valence-corrected chi connectivity index (χ1v) is 9.95. The molecule has 1 aromatic rings. The van der Waals surface area contributed by atoms with Gasteiger partial charge in [0.15, 0.2) is 5.11 Å². The van der Waals surface area contributed by atoms with Crippen LogP contribution in [0.4, 0.5) is 0 Å². The van der Waals surface area contributed by atoms with Crippen LogP contribution in [0.25, 0.3) is 0 Å². The minimum atomic E-state index is -0.110. The third-order valence-electron chi connectivity index (χ3n) is 4.27. The molecule has 0 aromatic carbocycles. The lowest BCUT2D eigenvalue weighted by Gasteiger charge is -2.32. The van der Waals surface area contributed by atoms with Crippen LogP contribution < -0.4 is 10.7 Å². The van der Waals surface area contributed by atoms with Gasteiger partial charge in [-0.05, 0) is 42.9 Å². The van der Waals surface area contributed by atoms with Gasteiger partial charge in [0.1, 0.15) is 0 Å². The fourth-order valence-electron chi connectivity index (χ4n) is 2.74. The van der Waals surface area contributed by atoms with E-state index in [1.807, 2.05) is 22.4 Å². The molecular formula is C17H26N4O3S2. The maximum absolute atomic E-state index is 12.4. The molecule has 26 heavy (non-hydrogen) atoms. The summed E-state index contributed by atoms with van der Waals surface area (Å²) in [6, 6.07) is 3.71. The van der Waals surface area contributed by atoms with E-state index in [2.05, 4.69) is 10.7 Å². The first-order valence-electron chi connectivity index (χ1n) is 8.66. The fourth-order valence-corrected chi connectivity index (χ4v) is 3.58. The molecular weight excluding hydrogens is 372 g/mol. The quantitative estimate of drug-likeness (QED) is 0.430. The van der Waals surface area contributed by atoms with E-state index in [1.165, 1.54) is 16.3 Å². The molecule has 0 bridgehead atoms. The number of likely N-dealkylation sites (tertiary alicyclic amines) is 1. The third kappa shape index (κ3) is 5.93. The zero-order valence-corrected chi connectivity index (χ0v) is 16.8. The third-order valence-corrected chi connectivity index (χ3v) is 5.54. The molecule has 2 rings (SSSR count). The van der Waals surface area contributed by atoms with E-state index in [0.717, 1.165) is 11.3 Å². The zero-order chi connectivity index (χ0) is 18.9. The topological polar surface area (TPSA) is 73.9 Å². The highest BCUT2D eigenvalue weighted by molar-refractivity contribution is 7.80. The minimum Gasteiger partial charge on any atom is -0.385 e. The number of amides is 2. The lowest BCUT2D eigenvalue weighted by Crippen LogP contribution is -2.51. The molecule has 1 aromatic heterocycles. The van der Waals surface area contributed by atoms with Gasteiger partial charge in [-0.25, -0.2) is 0 Å². The van der Waals surface area contributed by atoms with Gasteiger partial charge in [-0.2, -0.15) is 0 Å². The number of thiophene rings is 1. The Balaban J connectivity index is 1.72. The standard InChI is InChI=1S/C17H26N4O3S2/c1-20(17(25)18-8-4-11-24-2)19-15(22)13-6-9-21(10-7-13)16(23)14-5-3-12-26-14/h3,5,12-13H,4,6-11H2,1-2H3,(H,18,25)(H,19,22). The van der Waals surface area contributed by atoms with E-state index in [1.54, 1.807) is 14.2 Å². The van der Waals surface area contributed by atoms with Crippen LogP contribution in [0.15, 0.2) is 17.5 Å². The number of rotatable bonds is 6. The normalized spacial score (nSPS) is 14.8. The van der Waals surface area contributed by atoms with Crippen LogP contribution in [-0.4, -0.2) is 67.2 Å². The van der Waals surface area contributed by atoms with Crippen LogP contribution in [0.1, 0.15) is 28.9 Å². The van der Waals surface area contributed by atoms with Gasteiger partial charge in [-0.3, -0.25) is 20.0 Å². The van der Waals surface area contributed by atoms with Crippen molar-refractivity contribution in [1.29, 1.82) is 0 Å². The summed E-state index contributed by atoms with van der Waals surface area (Å²) in [7, 11) is 3.38. The van der Waals surface area contributed by atoms with E-state index >= 15 is 0 Å². The van der Waals surface area contributed by atoms with E-state index in [0.29, 0.717) is 44.2 Å². The van der Waals surface area contributed by atoms with Gasteiger partial charge >= 0.3 is 0 Å². The molecule has 1 saturated heterocycles. The molecule has 9 heteroatoms. The molecule has 0 atom stereocenters. The summed E-state index contributed by atoms with van der Waals surface area (Å²) in [4.78, 5) is 27.3. The summed E-state index contributed by atoms with van der Waals surface area (Å²) in [5, 5.41) is 6.98. The largest absolute Gasteiger partial charge is 0.385 e. The Labute approximate surface area is 163 Å². The highest BCUT2D eigenvalue weighted by Gasteiger charge is 2.28. The monoisotopic (exact) mass is 398 g/mol. The molecule has 1 fully saturated rings. The van der Waals surface area contributed by atoms with Crippen LogP contribution >= 0.6 is 23.6 Å². The number of methoxy groups -OCH3 is 1. The molecule has 0 saturated carbocycles. The zero-order valence-electron chi connectivity index (χ0n) is 15.2. The molecule has 0 spiro atoms. The number of thiocarbonyl (C=S) groups is 1. The van der Waals surface area contributed by atoms with Gasteiger partial charge in [-0.1, -0.05) is 6.07 Å². The second-order valence-electron chi connectivity index (χ2n) is 6.16. The number of nitrogens with zero attached hydrogens (tertiary/aromatic N) is 2. The van der Waals surface area contributed by atoms with Crippen molar-refractivity contribution in [3.63, 3.8) is 0 Å².